The van der Waals surface area contributed by atoms with Gasteiger partial charge in [-0.25, -0.2) is 0 Å². The van der Waals surface area contributed by atoms with Crippen molar-refractivity contribution in [2.24, 2.45) is 0 Å². The van der Waals surface area contributed by atoms with Crippen molar-refractivity contribution in [3.05, 3.63) is 178 Å². The second-order valence-corrected chi connectivity index (χ2v) is 13.0. The Morgan fingerprint density at radius 3 is 2.20 bits per heavy atom. The number of fused-ring (bicyclic) bond motifs is 2. The molecule has 0 saturated carbocycles. The summed E-state index contributed by atoms with van der Waals surface area (Å²) in [5.41, 5.74) is 12.0. The minimum absolute atomic E-state index is 0.0774. The van der Waals surface area contributed by atoms with Gasteiger partial charge < -0.3 is 4.90 Å². The SMILES string of the molecule is CC1(C)C2=C(C=CCC=C2)c2ccc(N(c3ccc(-c4ccccc4)cc3)c3ccccc3C(=O)Cc3ccccc3Br)cc21. The van der Waals surface area contributed by atoms with E-state index in [-0.39, 0.29) is 11.2 Å². The Balaban J connectivity index is 1.36. The lowest BCUT2D eigenvalue weighted by Gasteiger charge is -2.30. The van der Waals surface area contributed by atoms with E-state index < -0.39 is 0 Å². The van der Waals surface area contributed by atoms with Crippen molar-refractivity contribution in [2.45, 2.75) is 32.1 Å². The van der Waals surface area contributed by atoms with Gasteiger partial charge in [-0.3, -0.25) is 4.79 Å². The summed E-state index contributed by atoms with van der Waals surface area (Å²) in [4.78, 5) is 16.3. The van der Waals surface area contributed by atoms with Crippen molar-refractivity contribution in [3.63, 3.8) is 0 Å². The van der Waals surface area contributed by atoms with Crippen LogP contribution in [0.3, 0.4) is 0 Å². The maximum absolute atomic E-state index is 14.0. The normalized spacial score (nSPS) is 14.6. The molecule has 0 saturated heterocycles. The van der Waals surface area contributed by atoms with Gasteiger partial charge in [-0.1, -0.05) is 133 Å². The molecule has 0 atom stereocenters. The highest BCUT2D eigenvalue weighted by Gasteiger charge is 2.36. The second kappa shape index (κ2) is 12.0. The topological polar surface area (TPSA) is 20.3 Å². The second-order valence-electron chi connectivity index (χ2n) is 12.2. The number of anilines is 3. The first-order valence-electron chi connectivity index (χ1n) is 15.5. The van der Waals surface area contributed by atoms with E-state index in [9.17, 15) is 4.79 Å². The highest BCUT2D eigenvalue weighted by Crippen LogP contribution is 2.50. The Labute approximate surface area is 274 Å². The van der Waals surface area contributed by atoms with Gasteiger partial charge in [0.05, 0.1) is 5.69 Å². The van der Waals surface area contributed by atoms with Crippen LogP contribution in [0, 0.1) is 0 Å². The van der Waals surface area contributed by atoms with Crippen LogP contribution in [-0.2, 0) is 11.8 Å². The van der Waals surface area contributed by atoms with Crippen LogP contribution in [0.15, 0.2) is 156 Å². The lowest BCUT2D eigenvalue weighted by molar-refractivity contribution is 0.0993. The number of hydrogen-bond donors (Lipinski definition) is 0. The number of halogens is 1. The predicted molar refractivity (Wildman–Crippen MR) is 192 cm³/mol. The van der Waals surface area contributed by atoms with Crippen molar-refractivity contribution in [3.8, 4) is 11.1 Å². The summed E-state index contributed by atoms with van der Waals surface area (Å²) < 4.78 is 0.945. The predicted octanol–water partition coefficient (Wildman–Crippen LogP) is 11.6. The maximum atomic E-state index is 14.0. The zero-order valence-corrected chi connectivity index (χ0v) is 27.1. The average Bonchev–Trinajstić information content (AvgIpc) is 3.21. The van der Waals surface area contributed by atoms with Crippen LogP contribution in [0.1, 0.15) is 47.3 Å². The fourth-order valence-electron chi connectivity index (χ4n) is 6.65. The highest BCUT2D eigenvalue weighted by atomic mass is 79.9. The molecular formula is C42H34BrNO. The number of benzene rings is 5. The Morgan fingerprint density at radius 2 is 1.40 bits per heavy atom. The Morgan fingerprint density at radius 1 is 0.733 bits per heavy atom. The maximum Gasteiger partial charge on any atom is 0.169 e. The van der Waals surface area contributed by atoms with E-state index in [1.165, 1.54) is 27.8 Å². The molecule has 3 heteroatoms. The van der Waals surface area contributed by atoms with Crippen molar-refractivity contribution < 1.29 is 4.79 Å². The zero-order chi connectivity index (χ0) is 31.0. The molecule has 0 bridgehead atoms. The number of carbonyl (C=O) groups excluding carboxylic acids is 1. The smallest absolute Gasteiger partial charge is 0.169 e. The van der Waals surface area contributed by atoms with Gasteiger partial charge in [-0.15, -0.1) is 0 Å². The molecule has 45 heavy (non-hydrogen) atoms. The molecule has 0 heterocycles. The molecule has 7 rings (SSSR count). The molecule has 0 N–H and O–H groups in total. The largest absolute Gasteiger partial charge is 0.310 e. The molecule has 0 aromatic heterocycles. The molecule has 2 nitrogen and oxygen atoms in total. The molecule has 2 aliphatic rings. The molecule has 220 valence electrons. The van der Waals surface area contributed by atoms with Crippen LogP contribution in [0.4, 0.5) is 17.1 Å². The van der Waals surface area contributed by atoms with E-state index in [1.807, 2.05) is 48.5 Å². The van der Waals surface area contributed by atoms with E-state index in [2.05, 4.69) is 132 Å². The summed E-state index contributed by atoms with van der Waals surface area (Å²) >= 11 is 3.64. The van der Waals surface area contributed by atoms with Crippen LogP contribution < -0.4 is 4.90 Å². The van der Waals surface area contributed by atoms with Gasteiger partial charge in [-0.2, -0.15) is 0 Å². The van der Waals surface area contributed by atoms with Crippen molar-refractivity contribution >= 4 is 44.3 Å². The van der Waals surface area contributed by atoms with Crippen LogP contribution >= 0.6 is 15.9 Å². The fraction of sp³-hybridized carbons (Fsp3) is 0.119. The first kappa shape index (κ1) is 29.0. The van der Waals surface area contributed by atoms with Gasteiger partial charge in [0, 0.05) is 33.2 Å². The minimum atomic E-state index is -0.149. The molecule has 0 aliphatic heterocycles. The van der Waals surface area contributed by atoms with Crippen LogP contribution in [0.2, 0.25) is 0 Å². The molecule has 0 unspecified atom stereocenters. The number of hydrogen-bond acceptors (Lipinski definition) is 2. The quantitative estimate of drug-likeness (QED) is 0.164. The standard InChI is InChI=1S/C42H34BrNO/c1-42(2)37-18-8-4-7-16-34(37)35-26-25-33(28-38(35)42)44(32-23-21-30(22-24-32)29-13-5-3-6-14-29)40-20-12-10-17-36(40)41(45)27-31-15-9-11-19-39(31)43/h3,5-26,28H,4,27H2,1-2H3. The third kappa shape index (κ3) is 5.43. The molecule has 2 aliphatic carbocycles. The van der Waals surface area contributed by atoms with Gasteiger partial charge in [0.15, 0.2) is 5.78 Å². The first-order valence-corrected chi connectivity index (χ1v) is 16.2. The van der Waals surface area contributed by atoms with Crippen LogP contribution in [0.5, 0.6) is 0 Å². The molecule has 0 amide bonds. The molecular weight excluding hydrogens is 614 g/mol. The number of ketones is 1. The van der Waals surface area contributed by atoms with Crippen molar-refractivity contribution in [2.75, 3.05) is 4.90 Å². The van der Waals surface area contributed by atoms with Gasteiger partial charge in [0.2, 0.25) is 0 Å². The zero-order valence-electron chi connectivity index (χ0n) is 25.5. The summed E-state index contributed by atoms with van der Waals surface area (Å²) in [6.07, 6.45) is 10.3. The number of nitrogens with zero attached hydrogens (tertiary/aromatic N) is 1. The summed E-state index contributed by atoms with van der Waals surface area (Å²) in [6, 6.07) is 41.8. The highest BCUT2D eigenvalue weighted by molar-refractivity contribution is 9.10. The van der Waals surface area contributed by atoms with Crippen molar-refractivity contribution in [1.82, 2.24) is 0 Å². The molecule has 0 fully saturated rings. The van der Waals surface area contributed by atoms with Crippen molar-refractivity contribution in [1.29, 1.82) is 0 Å². The van der Waals surface area contributed by atoms with E-state index in [0.29, 0.717) is 12.0 Å². The molecule has 5 aromatic carbocycles. The average molecular weight is 649 g/mol. The van der Waals surface area contributed by atoms with E-state index in [0.717, 1.165) is 39.1 Å². The monoisotopic (exact) mass is 647 g/mol. The van der Waals surface area contributed by atoms with Gasteiger partial charge >= 0.3 is 0 Å². The fourth-order valence-corrected chi connectivity index (χ4v) is 7.08. The van der Waals surface area contributed by atoms with E-state index >= 15 is 0 Å². The Hall–Kier alpha value is -4.73. The third-order valence-electron chi connectivity index (χ3n) is 9.02. The first-order chi connectivity index (χ1) is 21.9. The Bertz CT molecular complexity index is 2000. The van der Waals surface area contributed by atoms with Gasteiger partial charge in [0.25, 0.3) is 0 Å². The lowest BCUT2D eigenvalue weighted by Crippen LogP contribution is -2.19. The number of rotatable bonds is 7. The summed E-state index contributed by atoms with van der Waals surface area (Å²) in [5, 5.41) is 0. The molecule has 0 spiro atoms. The molecule has 5 aromatic rings. The number of Topliss-reactive ketones (excluding diaryl/α,β-unsaturated/α-hetero) is 1. The van der Waals surface area contributed by atoms with Gasteiger partial charge in [-0.05, 0) is 87.8 Å². The number of para-hydroxylation sites is 1. The van der Waals surface area contributed by atoms with E-state index in [4.69, 9.17) is 0 Å². The van der Waals surface area contributed by atoms with Crippen LogP contribution in [0.25, 0.3) is 16.7 Å². The van der Waals surface area contributed by atoms with Gasteiger partial charge in [0.1, 0.15) is 0 Å². The summed E-state index contributed by atoms with van der Waals surface area (Å²) in [7, 11) is 0. The summed E-state index contributed by atoms with van der Waals surface area (Å²) in [6.45, 7) is 4.63. The lowest BCUT2D eigenvalue weighted by atomic mass is 9.80. The van der Waals surface area contributed by atoms with Crippen LogP contribution in [-0.4, -0.2) is 5.78 Å². The minimum Gasteiger partial charge on any atom is -0.310 e. The Kier molecular flexibility index (Phi) is 7.73. The number of allylic oxidation sites excluding steroid dienone is 6. The van der Waals surface area contributed by atoms with E-state index in [1.54, 1.807) is 0 Å². The molecule has 0 radical (unpaired) electrons. The summed E-state index contributed by atoms with van der Waals surface area (Å²) in [5.74, 6) is 0.0774. The number of carbonyl (C=O) groups is 1. The third-order valence-corrected chi connectivity index (χ3v) is 9.79.